The van der Waals surface area contributed by atoms with Crippen LogP contribution in [0.4, 0.5) is 5.69 Å². The monoisotopic (exact) mass is 457 g/mol. The molecular formula is C23H27N3O5S. The van der Waals surface area contributed by atoms with Gasteiger partial charge in [-0.05, 0) is 49.2 Å². The number of amidine groups is 1. The molecule has 0 saturated carbocycles. The molecule has 1 fully saturated rings. The molecule has 0 aliphatic carbocycles. The van der Waals surface area contributed by atoms with Crippen LogP contribution in [-0.2, 0) is 16.4 Å². The van der Waals surface area contributed by atoms with Crippen molar-refractivity contribution in [3.05, 3.63) is 60.2 Å². The summed E-state index contributed by atoms with van der Waals surface area (Å²) in [7, 11) is 1.06. The molecule has 2 aromatic carbocycles. The number of rotatable bonds is 8. The number of nitrogens with zero attached hydrogens (tertiary/aromatic N) is 2. The number of methoxy groups -OCH3 is 2. The average molecular weight is 458 g/mol. The molecule has 1 aliphatic heterocycles. The molecule has 0 aromatic heterocycles. The highest BCUT2D eigenvalue weighted by Crippen LogP contribution is 2.33. The van der Waals surface area contributed by atoms with Crippen LogP contribution in [0.25, 0.3) is 0 Å². The van der Waals surface area contributed by atoms with Crippen molar-refractivity contribution < 1.29 is 22.7 Å². The maximum atomic E-state index is 12.8. The Bertz CT molecular complexity index is 1140. The quantitative estimate of drug-likeness (QED) is 0.610. The SMILES string of the molecule is C=CCc1cc(C(=O)Nc2ccc(S(=O)(=O)/N=C3/CCCN3C)cc2)cc(OC)c1OC. The molecule has 9 heteroatoms. The van der Waals surface area contributed by atoms with E-state index in [0.717, 1.165) is 18.5 Å². The molecule has 1 heterocycles. The number of amides is 1. The number of ether oxygens (including phenoxy) is 2. The molecule has 3 rings (SSSR count). The van der Waals surface area contributed by atoms with Gasteiger partial charge in [-0.25, -0.2) is 0 Å². The summed E-state index contributed by atoms with van der Waals surface area (Å²) in [5.41, 5.74) is 1.61. The first-order valence-electron chi connectivity index (χ1n) is 10.1. The number of hydrogen-bond donors (Lipinski definition) is 1. The number of anilines is 1. The van der Waals surface area contributed by atoms with E-state index in [1.807, 2.05) is 11.9 Å². The van der Waals surface area contributed by atoms with Crippen molar-refractivity contribution in [2.24, 2.45) is 4.40 Å². The molecule has 0 bridgehead atoms. The van der Waals surface area contributed by atoms with Crippen LogP contribution in [0.1, 0.15) is 28.8 Å². The average Bonchev–Trinajstić information content (AvgIpc) is 3.17. The number of benzene rings is 2. The van der Waals surface area contributed by atoms with Crippen LogP contribution in [0.5, 0.6) is 11.5 Å². The van der Waals surface area contributed by atoms with Gasteiger partial charge in [0.15, 0.2) is 11.5 Å². The minimum absolute atomic E-state index is 0.0719. The first-order chi connectivity index (χ1) is 15.3. The lowest BCUT2D eigenvalue weighted by Gasteiger charge is -2.14. The van der Waals surface area contributed by atoms with Gasteiger partial charge in [-0.1, -0.05) is 6.08 Å². The zero-order chi connectivity index (χ0) is 23.3. The van der Waals surface area contributed by atoms with Crippen molar-refractivity contribution in [2.45, 2.75) is 24.2 Å². The largest absolute Gasteiger partial charge is 0.493 e. The van der Waals surface area contributed by atoms with Gasteiger partial charge in [0.1, 0.15) is 5.84 Å². The number of likely N-dealkylation sites (tertiary alicyclic amines) is 1. The standard InChI is InChI=1S/C23H27N3O5S/c1-5-7-16-14-17(15-20(30-3)22(16)31-4)23(27)24-18-9-11-19(12-10-18)32(28,29)25-21-8-6-13-26(21)2/h5,9-12,14-15H,1,6-8,13H2,2-4H3,(H,24,27)/b25-21-. The maximum Gasteiger partial charge on any atom is 0.283 e. The molecular weight excluding hydrogens is 430 g/mol. The van der Waals surface area contributed by atoms with Crippen LogP contribution in [0.3, 0.4) is 0 Å². The van der Waals surface area contributed by atoms with E-state index in [-0.39, 0.29) is 10.8 Å². The molecule has 8 nitrogen and oxygen atoms in total. The van der Waals surface area contributed by atoms with Gasteiger partial charge in [0.05, 0.1) is 19.1 Å². The normalized spacial score (nSPS) is 15.0. The lowest BCUT2D eigenvalue weighted by Crippen LogP contribution is -2.20. The molecule has 0 radical (unpaired) electrons. The van der Waals surface area contributed by atoms with E-state index in [0.29, 0.717) is 41.4 Å². The Labute approximate surface area is 188 Å². The summed E-state index contributed by atoms with van der Waals surface area (Å²) < 4.78 is 39.9. The highest BCUT2D eigenvalue weighted by Gasteiger charge is 2.21. The molecule has 0 spiro atoms. The lowest BCUT2D eigenvalue weighted by molar-refractivity contribution is 0.102. The second kappa shape index (κ2) is 9.86. The van der Waals surface area contributed by atoms with E-state index in [4.69, 9.17) is 9.47 Å². The number of carbonyl (C=O) groups excluding carboxylic acids is 1. The predicted molar refractivity (Wildman–Crippen MR) is 124 cm³/mol. The molecule has 170 valence electrons. The minimum atomic E-state index is -3.81. The molecule has 2 aromatic rings. The van der Waals surface area contributed by atoms with Gasteiger partial charge < -0.3 is 19.7 Å². The Balaban J connectivity index is 1.80. The van der Waals surface area contributed by atoms with Gasteiger partial charge in [-0.3, -0.25) is 4.79 Å². The van der Waals surface area contributed by atoms with Crippen LogP contribution >= 0.6 is 0 Å². The highest BCUT2D eigenvalue weighted by atomic mass is 32.2. The minimum Gasteiger partial charge on any atom is -0.493 e. The zero-order valence-corrected chi connectivity index (χ0v) is 19.2. The number of allylic oxidation sites excluding steroid dienone is 1. The van der Waals surface area contributed by atoms with Gasteiger partial charge in [0.2, 0.25) is 0 Å². The highest BCUT2D eigenvalue weighted by molar-refractivity contribution is 7.90. The van der Waals surface area contributed by atoms with E-state index >= 15 is 0 Å². The number of carbonyl (C=O) groups is 1. The van der Waals surface area contributed by atoms with Gasteiger partial charge in [-0.15, -0.1) is 11.0 Å². The summed E-state index contributed by atoms with van der Waals surface area (Å²) >= 11 is 0. The van der Waals surface area contributed by atoms with E-state index in [1.165, 1.54) is 38.5 Å². The van der Waals surface area contributed by atoms with Crippen molar-refractivity contribution in [1.82, 2.24) is 4.90 Å². The molecule has 32 heavy (non-hydrogen) atoms. The number of nitrogens with one attached hydrogen (secondary N) is 1. The second-order valence-electron chi connectivity index (χ2n) is 7.35. The summed E-state index contributed by atoms with van der Waals surface area (Å²) in [6, 6.07) is 9.24. The Morgan fingerprint density at radius 3 is 2.50 bits per heavy atom. The molecule has 1 N–H and O–H groups in total. The number of sulfonamides is 1. The van der Waals surface area contributed by atoms with E-state index < -0.39 is 10.0 Å². The summed E-state index contributed by atoms with van der Waals surface area (Å²) in [4.78, 5) is 14.7. The third kappa shape index (κ3) is 5.11. The van der Waals surface area contributed by atoms with Gasteiger partial charge in [0.25, 0.3) is 15.9 Å². The first-order valence-corrected chi connectivity index (χ1v) is 11.5. The first kappa shape index (κ1) is 23.3. The summed E-state index contributed by atoms with van der Waals surface area (Å²) in [5, 5.41) is 2.78. The van der Waals surface area contributed by atoms with Gasteiger partial charge >= 0.3 is 0 Å². The number of hydrogen-bond acceptors (Lipinski definition) is 5. The molecule has 0 unspecified atom stereocenters. The van der Waals surface area contributed by atoms with E-state index in [2.05, 4.69) is 16.3 Å². The molecule has 1 saturated heterocycles. The van der Waals surface area contributed by atoms with Crippen LogP contribution in [-0.4, -0.2) is 52.9 Å². The van der Waals surface area contributed by atoms with Gasteiger partial charge in [-0.2, -0.15) is 8.42 Å². The van der Waals surface area contributed by atoms with Crippen molar-refractivity contribution in [3.8, 4) is 11.5 Å². The maximum absolute atomic E-state index is 12.8. The fourth-order valence-electron chi connectivity index (χ4n) is 3.50. The predicted octanol–water partition coefficient (Wildman–Crippen LogP) is 3.50. The Morgan fingerprint density at radius 2 is 1.94 bits per heavy atom. The van der Waals surface area contributed by atoms with E-state index in [9.17, 15) is 13.2 Å². The summed E-state index contributed by atoms with van der Waals surface area (Å²) in [6.07, 6.45) is 3.75. The van der Waals surface area contributed by atoms with Crippen molar-refractivity contribution in [2.75, 3.05) is 33.1 Å². The van der Waals surface area contributed by atoms with Crippen LogP contribution in [0, 0.1) is 0 Å². The van der Waals surface area contributed by atoms with Crippen molar-refractivity contribution in [3.63, 3.8) is 0 Å². The van der Waals surface area contributed by atoms with Crippen molar-refractivity contribution in [1.29, 1.82) is 0 Å². The Hall–Kier alpha value is -3.33. The summed E-state index contributed by atoms with van der Waals surface area (Å²) in [6.45, 7) is 4.53. The topological polar surface area (TPSA) is 97.3 Å². The van der Waals surface area contributed by atoms with Gasteiger partial charge in [0, 0.05) is 36.8 Å². The Kier molecular flexibility index (Phi) is 7.19. The fraction of sp³-hybridized carbons (Fsp3) is 0.304. The van der Waals surface area contributed by atoms with Crippen LogP contribution < -0.4 is 14.8 Å². The van der Waals surface area contributed by atoms with Crippen LogP contribution in [0.15, 0.2) is 58.3 Å². The lowest BCUT2D eigenvalue weighted by atomic mass is 10.0. The van der Waals surface area contributed by atoms with E-state index in [1.54, 1.807) is 18.2 Å². The Morgan fingerprint density at radius 1 is 1.22 bits per heavy atom. The third-order valence-electron chi connectivity index (χ3n) is 5.15. The molecule has 1 aliphatic rings. The third-order valence-corrected chi connectivity index (χ3v) is 6.47. The summed E-state index contributed by atoms with van der Waals surface area (Å²) in [5.74, 6) is 1.19. The molecule has 0 atom stereocenters. The van der Waals surface area contributed by atoms with Crippen molar-refractivity contribution >= 4 is 27.5 Å². The molecule has 1 amide bonds. The smallest absolute Gasteiger partial charge is 0.283 e. The van der Waals surface area contributed by atoms with Crippen LogP contribution in [0.2, 0.25) is 0 Å². The zero-order valence-electron chi connectivity index (χ0n) is 18.4. The second-order valence-corrected chi connectivity index (χ2v) is 8.95. The fourth-order valence-corrected chi connectivity index (χ4v) is 4.59.